The number of likely N-dealkylation sites (N-methyl/N-ethyl adjacent to an activating group) is 1. The third kappa shape index (κ3) is 3.44. The Morgan fingerprint density at radius 1 is 1.12 bits per heavy atom. The smallest absolute Gasteiger partial charge is 0.317 e. The molecule has 3 rings (SSSR count). The molecule has 24 heavy (non-hydrogen) atoms. The maximum atomic E-state index is 11.1. The largest absolute Gasteiger partial charge is 0.480 e. The molecule has 0 amide bonds. The fourth-order valence-electron chi connectivity index (χ4n) is 3.62. The number of benzene rings is 2. The molecular weight excluding hydrogens is 345 g/mol. The maximum Gasteiger partial charge on any atom is 0.317 e. The van der Waals surface area contributed by atoms with Gasteiger partial charge < -0.3 is 5.11 Å². The van der Waals surface area contributed by atoms with Crippen LogP contribution >= 0.6 is 23.2 Å². The Kier molecular flexibility index (Phi) is 5.14. The van der Waals surface area contributed by atoms with Crippen LogP contribution in [0.3, 0.4) is 0 Å². The lowest BCUT2D eigenvalue weighted by molar-refractivity contribution is -0.138. The van der Waals surface area contributed by atoms with Crippen LogP contribution in [0.15, 0.2) is 42.5 Å². The SMILES string of the molecule is CN(CC(=O)O)[C@H]1CC[C@@H](c2ccc(Cl)c(Cl)c2)c2ccccc21. The molecule has 0 spiro atoms. The Bertz CT molecular complexity index is 763. The quantitative estimate of drug-likeness (QED) is 0.832. The summed E-state index contributed by atoms with van der Waals surface area (Å²) >= 11 is 12.2. The summed E-state index contributed by atoms with van der Waals surface area (Å²) in [5.41, 5.74) is 3.59. The van der Waals surface area contributed by atoms with Crippen molar-refractivity contribution in [2.75, 3.05) is 13.6 Å². The topological polar surface area (TPSA) is 40.5 Å². The first-order valence-corrected chi connectivity index (χ1v) is 8.68. The minimum atomic E-state index is -0.804. The van der Waals surface area contributed by atoms with E-state index in [2.05, 4.69) is 12.1 Å². The summed E-state index contributed by atoms with van der Waals surface area (Å²) in [6.07, 6.45) is 1.86. The number of fused-ring (bicyclic) bond motifs is 1. The van der Waals surface area contributed by atoms with Gasteiger partial charge >= 0.3 is 5.97 Å². The van der Waals surface area contributed by atoms with Gasteiger partial charge in [-0.25, -0.2) is 0 Å². The molecule has 5 heteroatoms. The highest BCUT2D eigenvalue weighted by molar-refractivity contribution is 6.42. The van der Waals surface area contributed by atoms with Crippen LogP contribution in [-0.4, -0.2) is 29.6 Å². The van der Waals surface area contributed by atoms with Crippen molar-refractivity contribution in [2.24, 2.45) is 0 Å². The number of carboxylic acids is 1. The van der Waals surface area contributed by atoms with Gasteiger partial charge in [0.1, 0.15) is 0 Å². The van der Waals surface area contributed by atoms with E-state index in [1.807, 2.05) is 42.3 Å². The molecular formula is C19H19Cl2NO2. The summed E-state index contributed by atoms with van der Waals surface area (Å²) in [4.78, 5) is 13.0. The van der Waals surface area contributed by atoms with E-state index < -0.39 is 5.97 Å². The van der Waals surface area contributed by atoms with Crippen LogP contribution in [0.1, 0.15) is 41.5 Å². The number of aliphatic carboxylic acids is 1. The Morgan fingerprint density at radius 2 is 1.83 bits per heavy atom. The minimum Gasteiger partial charge on any atom is -0.480 e. The van der Waals surface area contributed by atoms with Crippen LogP contribution in [0.4, 0.5) is 0 Å². The van der Waals surface area contributed by atoms with E-state index in [0.29, 0.717) is 10.0 Å². The van der Waals surface area contributed by atoms with Gasteiger partial charge in [-0.3, -0.25) is 9.69 Å². The molecule has 0 radical (unpaired) electrons. The average molecular weight is 364 g/mol. The van der Waals surface area contributed by atoms with Gasteiger partial charge in [0.2, 0.25) is 0 Å². The highest BCUT2D eigenvalue weighted by Gasteiger charge is 2.30. The van der Waals surface area contributed by atoms with Gasteiger partial charge in [0, 0.05) is 12.0 Å². The van der Waals surface area contributed by atoms with Crippen molar-refractivity contribution < 1.29 is 9.90 Å². The zero-order valence-corrected chi connectivity index (χ0v) is 14.9. The monoisotopic (exact) mass is 363 g/mol. The number of rotatable bonds is 4. The lowest BCUT2D eigenvalue weighted by Gasteiger charge is -2.36. The number of halogens is 2. The van der Waals surface area contributed by atoms with Gasteiger partial charge in [-0.05, 0) is 48.7 Å². The van der Waals surface area contributed by atoms with Crippen LogP contribution in [0.2, 0.25) is 10.0 Å². The van der Waals surface area contributed by atoms with E-state index in [9.17, 15) is 4.79 Å². The van der Waals surface area contributed by atoms with Crippen LogP contribution in [0, 0.1) is 0 Å². The van der Waals surface area contributed by atoms with Crippen molar-refractivity contribution in [3.05, 3.63) is 69.2 Å². The first-order chi connectivity index (χ1) is 11.5. The van der Waals surface area contributed by atoms with Crippen molar-refractivity contribution >= 4 is 29.2 Å². The summed E-state index contributed by atoms with van der Waals surface area (Å²) < 4.78 is 0. The first-order valence-electron chi connectivity index (χ1n) is 7.93. The van der Waals surface area contributed by atoms with E-state index in [1.165, 1.54) is 11.1 Å². The molecule has 0 unspecified atom stereocenters. The second-order valence-corrected chi connectivity index (χ2v) is 7.07. The minimum absolute atomic E-state index is 0.0381. The lowest BCUT2D eigenvalue weighted by atomic mass is 9.76. The third-order valence-corrected chi connectivity index (χ3v) is 5.46. The van der Waals surface area contributed by atoms with Crippen LogP contribution < -0.4 is 0 Å². The zero-order valence-electron chi connectivity index (χ0n) is 13.4. The molecule has 1 aliphatic rings. The summed E-state index contributed by atoms with van der Waals surface area (Å²) in [7, 11) is 1.87. The van der Waals surface area contributed by atoms with E-state index in [0.717, 1.165) is 18.4 Å². The molecule has 0 bridgehead atoms. The van der Waals surface area contributed by atoms with Crippen molar-refractivity contribution in [3.8, 4) is 0 Å². The van der Waals surface area contributed by atoms with Gasteiger partial charge in [-0.1, -0.05) is 53.5 Å². The molecule has 0 saturated carbocycles. The molecule has 3 nitrogen and oxygen atoms in total. The summed E-state index contributed by atoms with van der Waals surface area (Å²) in [5.74, 6) is -0.549. The second-order valence-electron chi connectivity index (χ2n) is 6.26. The second kappa shape index (κ2) is 7.14. The van der Waals surface area contributed by atoms with Crippen molar-refractivity contribution in [3.63, 3.8) is 0 Å². The van der Waals surface area contributed by atoms with E-state index in [4.69, 9.17) is 28.3 Å². The summed E-state index contributed by atoms with van der Waals surface area (Å²) in [6.45, 7) is 0.0381. The predicted octanol–water partition coefficient (Wildman–Crippen LogP) is 4.98. The van der Waals surface area contributed by atoms with Gasteiger partial charge in [0.25, 0.3) is 0 Å². The number of hydrogen-bond acceptors (Lipinski definition) is 2. The number of nitrogens with zero attached hydrogens (tertiary/aromatic N) is 1. The van der Waals surface area contributed by atoms with Crippen molar-refractivity contribution in [1.29, 1.82) is 0 Å². The van der Waals surface area contributed by atoms with Crippen LogP contribution in [-0.2, 0) is 4.79 Å². The highest BCUT2D eigenvalue weighted by atomic mass is 35.5. The molecule has 0 aliphatic heterocycles. The molecule has 2 aromatic carbocycles. The van der Waals surface area contributed by atoms with Crippen LogP contribution in [0.5, 0.6) is 0 Å². The number of hydrogen-bond donors (Lipinski definition) is 1. The van der Waals surface area contributed by atoms with Gasteiger partial charge in [-0.15, -0.1) is 0 Å². The zero-order chi connectivity index (χ0) is 17.3. The Labute approximate surface area is 151 Å². The van der Waals surface area contributed by atoms with Gasteiger partial charge in [0.15, 0.2) is 0 Å². The Morgan fingerprint density at radius 3 is 2.50 bits per heavy atom. The van der Waals surface area contributed by atoms with Crippen LogP contribution in [0.25, 0.3) is 0 Å². The predicted molar refractivity (Wildman–Crippen MR) is 97.0 cm³/mol. The van der Waals surface area contributed by atoms with Gasteiger partial charge in [-0.2, -0.15) is 0 Å². The highest BCUT2D eigenvalue weighted by Crippen LogP contribution is 2.44. The molecule has 0 fully saturated rings. The standard InChI is InChI=1S/C19H19Cl2NO2/c1-22(11-19(23)24)18-9-7-13(14-4-2-3-5-15(14)18)12-6-8-16(20)17(21)10-12/h2-6,8,10,13,18H,7,9,11H2,1H3,(H,23,24)/t13-,18-/m0/s1. The molecule has 0 saturated heterocycles. The summed E-state index contributed by atoms with van der Waals surface area (Å²) in [6, 6.07) is 14.2. The fourth-order valence-corrected chi connectivity index (χ4v) is 3.93. The average Bonchev–Trinajstić information content (AvgIpc) is 2.55. The fraction of sp³-hybridized carbons (Fsp3) is 0.316. The Hall–Kier alpha value is -1.55. The van der Waals surface area contributed by atoms with E-state index in [-0.39, 0.29) is 18.5 Å². The van der Waals surface area contributed by atoms with E-state index in [1.54, 1.807) is 0 Å². The molecule has 2 aromatic rings. The first kappa shape index (κ1) is 17.3. The van der Waals surface area contributed by atoms with Crippen molar-refractivity contribution in [1.82, 2.24) is 4.90 Å². The lowest BCUT2D eigenvalue weighted by Crippen LogP contribution is -2.33. The van der Waals surface area contributed by atoms with Crippen molar-refractivity contribution in [2.45, 2.75) is 24.8 Å². The maximum absolute atomic E-state index is 11.1. The van der Waals surface area contributed by atoms with E-state index >= 15 is 0 Å². The molecule has 0 heterocycles. The third-order valence-electron chi connectivity index (χ3n) is 4.72. The Balaban J connectivity index is 1.97. The molecule has 1 aliphatic carbocycles. The molecule has 1 N–H and O–H groups in total. The number of carbonyl (C=O) groups is 1. The normalized spacial score (nSPS) is 20.0. The molecule has 126 valence electrons. The van der Waals surface area contributed by atoms with Gasteiger partial charge in [0.05, 0.1) is 16.6 Å². The molecule has 2 atom stereocenters. The molecule has 0 aromatic heterocycles. The summed E-state index contributed by atoms with van der Waals surface area (Å²) in [5, 5.41) is 10.2. The number of carboxylic acid groups (broad SMARTS) is 1.